The predicted molar refractivity (Wildman–Crippen MR) is 60.5 cm³/mol. The van der Waals surface area contributed by atoms with Crippen molar-refractivity contribution in [2.45, 2.75) is 13.5 Å². The fourth-order valence-electron chi connectivity index (χ4n) is 1.46. The largest absolute Gasteiger partial charge is 0.392 e. The van der Waals surface area contributed by atoms with Gasteiger partial charge in [0.15, 0.2) is 0 Å². The maximum Gasteiger partial charge on any atom is 0.106 e. The van der Waals surface area contributed by atoms with E-state index in [4.69, 9.17) is 15.6 Å². The van der Waals surface area contributed by atoms with Gasteiger partial charge >= 0.3 is 0 Å². The van der Waals surface area contributed by atoms with Crippen LogP contribution in [0.15, 0.2) is 18.2 Å². The number of hydrogen-bond acceptors (Lipinski definition) is 4. The Morgan fingerprint density at radius 3 is 2.31 bits per heavy atom. The number of aryl methyl sites for hydroxylation is 1. The Balaban J connectivity index is 2.98. The minimum atomic E-state index is 0.00259. The van der Waals surface area contributed by atoms with Gasteiger partial charge in [-0.2, -0.15) is 10.5 Å². The molecule has 1 aromatic rings. The Morgan fingerprint density at radius 1 is 1.25 bits per heavy atom. The first-order valence-corrected chi connectivity index (χ1v) is 4.92. The minimum Gasteiger partial charge on any atom is -0.392 e. The van der Waals surface area contributed by atoms with Crippen molar-refractivity contribution in [2.75, 3.05) is 18.0 Å². The van der Waals surface area contributed by atoms with Crippen LogP contribution in [-0.2, 0) is 6.61 Å². The van der Waals surface area contributed by atoms with Crippen molar-refractivity contribution in [1.29, 1.82) is 10.5 Å². The molecular formula is C12H13N3O. The van der Waals surface area contributed by atoms with Crippen LogP contribution in [0.25, 0.3) is 0 Å². The Bertz CT molecular complexity index is 427. The summed E-state index contributed by atoms with van der Waals surface area (Å²) in [5, 5.41) is 26.3. The van der Waals surface area contributed by atoms with Crippen LogP contribution in [-0.4, -0.2) is 18.2 Å². The average molecular weight is 215 g/mol. The van der Waals surface area contributed by atoms with E-state index in [9.17, 15) is 0 Å². The van der Waals surface area contributed by atoms with Crippen LogP contribution in [0.3, 0.4) is 0 Å². The van der Waals surface area contributed by atoms with Crippen LogP contribution < -0.4 is 4.90 Å². The van der Waals surface area contributed by atoms with Gasteiger partial charge in [-0.3, -0.25) is 0 Å². The molecule has 0 heterocycles. The van der Waals surface area contributed by atoms with Crippen LogP contribution >= 0.6 is 0 Å². The highest BCUT2D eigenvalue weighted by molar-refractivity contribution is 5.52. The van der Waals surface area contributed by atoms with Crippen LogP contribution in [0.5, 0.6) is 0 Å². The third kappa shape index (κ3) is 2.73. The Labute approximate surface area is 95.0 Å². The summed E-state index contributed by atoms with van der Waals surface area (Å²) in [7, 11) is 0. The van der Waals surface area contributed by atoms with E-state index in [1.165, 1.54) is 0 Å². The molecule has 1 aromatic carbocycles. The summed E-state index contributed by atoms with van der Waals surface area (Å²) in [4.78, 5) is 1.69. The third-order valence-corrected chi connectivity index (χ3v) is 2.38. The van der Waals surface area contributed by atoms with Crippen LogP contribution in [0, 0.1) is 29.6 Å². The smallest absolute Gasteiger partial charge is 0.106 e. The summed E-state index contributed by atoms with van der Waals surface area (Å²) in [5.41, 5.74) is 2.65. The molecule has 1 N–H and O–H groups in total. The van der Waals surface area contributed by atoms with Crippen LogP contribution in [0.1, 0.15) is 11.1 Å². The van der Waals surface area contributed by atoms with Crippen LogP contribution in [0.4, 0.5) is 5.69 Å². The van der Waals surface area contributed by atoms with E-state index in [1.807, 2.05) is 37.3 Å². The lowest BCUT2D eigenvalue weighted by atomic mass is 10.1. The van der Waals surface area contributed by atoms with Crippen molar-refractivity contribution in [2.24, 2.45) is 0 Å². The Kier molecular flexibility index (Phi) is 4.32. The van der Waals surface area contributed by atoms with Gasteiger partial charge in [-0.05, 0) is 30.2 Å². The Hall–Kier alpha value is -2.04. The van der Waals surface area contributed by atoms with Gasteiger partial charge in [0.1, 0.15) is 13.1 Å². The standard InChI is InChI=1S/C12H13N3O/c1-10-8-12(3-2-11(10)9-16)15(6-4-13)7-5-14/h2-3,8,16H,6-7,9H2,1H3. The van der Waals surface area contributed by atoms with Gasteiger partial charge < -0.3 is 10.0 Å². The molecule has 1 rings (SSSR count). The second-order valence-corrected chi connectivity index (χ2v) is 3.44. The number of nitriles is 2. The van der Waals surface area contributed by atoms with Crippen molar-refractivity contribution >= 4 is 5.69 Å². The summed E-state index contributed by atoms with van der Waals surface area (Å²) in [6.07, 6.45) is 0. The first-order chi connectivity index (χ1) is 7.72. The van der Waals surface area contributed by atoms with E-state index in [-0.39, 0.29) is 19.7 Å². The molecule has 0 saturated carbocycles. The number of anilines is 1. The number of rotatable bonds is 4. The molecule has 0 saturated heterocycles. The predicted octanol–water partition coefficient (Wildman–Crippen LogP) is 1.34. The molecule has 0 aliphatic heterocycles. The number of nitrogens with zero attached hydrogens (tertiary/aromatic N) is 3. The molecular weight excluding hydrogens is 202 g/mol. The van der Waals surface area contributed by atoms with E-state index in [0.29, 0.717) is 0 Å². The monoisotopic (exact) mass is 215 g/mol. The zero-order chi connectivity index (χ0) is 12.0. The zero-order valence-electron chi connectivity index (χ0n) is 9.14. The number of aliphatic hydroxyl groups excluding tert-OH is 1. The van der Waals surface area contributed by atoms with Crippen molar-refractivity contribution in [3.63, 3.8) is 0 Å². The van der Waals surface area contributed by atoms with Crippen molar-refractivity contribution in [3.8, 4) is 12.1 Å². The van der Waals surface area contributed by atoms with Gasteiger partial charge in [0, 0.05) is 5.69 Å². The van der Waals surface area contributed by atoms with Gasteiger partial charge in [0.25, 0.3) is 0 Å². The maximum absolute atomic E-state index is 9.04. The number of aliphatic hydroxyl groups is 1. The third-order valence-electron chi connectivity index (χ3n) is 2.38. The molecule has 0 aliphatic carbocycles. The van der Waals surface area contributed by atoms with Gasteiger partial charge in [0.2, 0.25) is 0 Å². The van der Waals surface area contributed by atoms with Crippen molar-refractivity contribution in [3.05, 3.63) is 29.3 Å². The highest BCUT2D eigenvalue weighted by atomic mass is 16.3. The second-order valence-electron chi connectivity index (χ2n) is 3.44. The van der Waals surface area contributed by atoms with Gasteiger partial charge in [-0.1, -0.05) is 6.07 Å². The van der Waals surface area contributed by atoms with Crippen molar-refractivity contribution in [1.82, 2.24) is 0 Å². The highest BCUT2D eigenvalue weighted by Gasteiger charge is 2.06. The van der Waals surface area contributed by atoms with Gasteiger partial charge in [-0.25, -0.2) is 0 Å². The number of hydrogen-bond donors (Lipinski definition) is 1. The van der Waals surface area contributed by atoms with Crippen molar-refractivity contribution < 1.29 is 5.11 Å². The molecule has 0 aromatic heterocycles. The van der Waals surface area contributed by atoms with Crippen LogP contribution in [0.2, 0.25) is 0 Å². The normalized spacial score (nSPS) is 9.25. The molecule has 0 unspecified atom stereocenters. The Morgan fingerprint density at radius 2 is 1.88 bits per heavy atom. The second kappa shape index (κ2) is 5.75. The average Bonchev–Trinajstić information content (AvgIpc) is 2.28. The van der Waals surface area contributed by atoms with Gasteiger partial charge in [0.05, 0.1) is 18.7 Å². The van der Waals surface area contributed by atoms with E-state index in [1.54, 1.807) is 4.90 Å². The lowest BCUT2D eigenvalue weighted by molar-refractivity contribution is 0.281. The highest BCUT2D eigenvalue weighted by Crippen LogP contribution is 2.18. The molecule has 0 fully saturated rings. The molecule has 82 valence electrons. The first kappa shape index (κ1) is 12.0. The summed E-state index contributed by atoms with van der Waals surface area (Å²) in [6.45, 7) is 2.27. The SMILES string of the molecule is Cc1cc(N(CC#N)CC#N)ccc1CO. The molecule has 4 heteroatoms. The number of benzene rings is 1. The molecule has 0 aliphatic rings. The maximum atomic E-state index is 9.04. The summed E-state index contributed by atoms with van der Waals surface area (Å²) >= 11 is 0. The molecule has 0 bridgehead atoms. The van der Waals surface area contributed by atoms with E-state index in [0.717, 1.165) is 16.8 Å². The summed E-state index contributed by atoms with van der Waals surface area (Å²) < 4.78 is 0. The zero-order valence-corrected chi connectivity index (χ0v) is 9.14. The van der Waals surface area contributed by atoms with E-state index in [2.05, 4.69) is 0 Å². The topological polar surface area (TPSA) is 71.0 Å². The quantitative estimate of drug-likeness (QED) is 0.769. The van der Waals surface area contributed by atoms with E-state index < -0.39 is 0 Å². The van der Waals surface area contributed by atoms with Gasteiger partial charge in [-0.15, -0.1) is 0 Å². The first-order valence-electron chi connectivity index (χ1n) is 4.92. The lowest BCUT2D eigenvalue weighted by Gasteiger charge is -2.19. The fraction of sp³-hybridized carbons (Fsp3) is 0.333. The minimum absolute atomic E-state index is 0.00259. The molecule has 16 heavy (non-hydrogen) atoms. The molecule has 4 nitrogen and oxygen atoms in total. The summed E-state index contributed by atoms with van der Waals surface area (Å²) in [5.74, 6) is 0. The molecule has 0 atom stereocenters. The lowest BCUT2D eigenvalue weighted by Crippen LogP contribution is -2.23. The molecule has 0 spiro atoms. The van der Waals surface area contributed by atoms with E-state index >= 15 is 0 Å². The molecule has 0 radical (unpaired) electrons. The summed E-state index contributed by atoms with van der Waals surface area (Å²) in [6, 6.07) is 9.55. The molecule has 0 amide bonds. The fourth-order valence-corrected chi connectivity index (χ4v) is 1.46.